The lowest BCUT2D eigenvalue weighted by atomic mass is 10.3. The summed E-state index contributed by atoms with van der Waals surface area (Å²) in [7, 11) is 0. The van der Waals surface area contributed by atoms with Gasteiger partial charge in [-0.15, -0.1) is 0 Å². The maximum Gasteiger partial charge on any atom is 0.338 e. The molecule has 1 atom stereocenters. The van der Waals surface area contributed by atoms with Gasteiger partial charge in [-0.25, -0.2) is 4.79 Å². The largest absolute Gasteiger partial charge is 0.478 e. The molecule has 0 aromatic carbocycles. The van der Waals surface area contributed by atoms with Gasteiger partial charge in [-0.3, -0.25) is 9.58 Å². The van der Waals surface area contributed by atoms with Crippen molar-refractivity contribution in [2.24, 2.45) is 0 Å². The molecule has 5 heteroatoms. The van der Waals surface area contributed by atoms with Crippen molar-refractivity contribution in [2.45, 2.75) is 32.4 Å². The molecule has 0 spiro atoms. The lowest BCUT2D eigenvalue weighted by Crippen LogP contribution is -2.28. The van der Waals surface area contributed by atoms with E-state index in [1.165, 1.54) is 6.20 Å². The summed E-state index contributed by atoms with van der Waals surface area (Å²) in [5.41, 5.74) is 0.267. The van der Waals surface area contributed by atoms with Crippen LogP contribution in [0, 0.1) is 0 Å². The zero-order chi connectivity index (χ0) is 11.7. The quantitative estimate of drug-likeness (QED) is 0.837. The van der Waals surface area contributed by atoms with Crippen molar-refractivity contribution in [1.29, 1.82) is 0 Å². The second-order valence-corrected chi connectivity index (χ2v) is 4.55. The number of carbonyl (C=O) groups is 1. The molecule has 1 saturated heterocycles. The number of likely N-dealkylation sites (tertiary alicyclic amines) is 1. The third-order valence-electron chi connectivity index (χ3n) is 3.15. The van der Waals surface area contributed by atoms with E-state index in [2.05, 4.69) is 23.8 Å². The molecule has 0 aliphatic carbocycles. The number of hydrogen-bond donors (Lipinski definition) is 1. The molecule has 5 nitrogen and oxygen atoms in total. The van der Waals surface area contributed by atoms with Gasteiger partial charge in [0.05, 0.1) is 17.8 Å². The average molecular weight is 223 g/mol. The van der Waals surface area contributed by atoms with Crippen LogP contribution in [0.2, 0.25) is 0 Å². The van der Waals surface area contributed by atoms with Gasteiger partial charge in [0, 0.05) is 25.3 Å². The van der Waals surface area contributed by atoms with E-state index in [1.54, 1.807) is 10.9 Å². The van der Waals surface area contributed by atoms with Crippen molar-refractivity contribution in [3.05, 3.63) is 18.0 Å². The molecule has 1 aromatic rings. The molecule has 0 bridgehead atoms. The van der Waals surface area contributed by atoms with E-state index >= 15 is 0 Å². The number of hydrogen-bond acceptors (Lipinski definition) is 3. The van der Waals surface area contributed by atoms with Gasteiger partial charge in [0.1, 0.15) is 0 Å². The standard InChI is InChI=1S/C11H17N3O2/c1-8(2)13-4-3-10(7-13)14-6-9(5-12-14)11(15)16/h5-6,8,10H,3-4,7H2,1-2H3,(H,15,16)/t10-/m0/s1. The van der Waals surface area contributed by atoms with Crippen LogP contribution in [0.15, 0.2) is 12.4 Å². The monoisotopic (exact) mass is 223 g/mol. The smallest absolute Gasteiger partial charge is 0.338 e. The van der Waals surface area contributed by atoms with Crippen LogP contribution in [0.4, 0.5) is 0 Å². The first kappa shape index (κ1) is 11.1. The molecule has 1 aromatic heterocycles. The Balaban J connectivity index is 2.06. The molecule has 0 unspecified atom stereocenters. The van der Waals surface area contributed by atoms with Crippen molar-refractivity contribution in [3.8, 4) is 0 Å². The Hall–Kier alpha value is -1.36. The summed E-state index contributed by atoms with van der Waals surface area (Å²) < 4.78 is 1.78. The van der Waals surface area contributed by atoms with Crippen LogP contribution in [-0.2, 0) is 0 Å². The van der Waals surface area contributed by atoms with Crippen LogP contribution in [0.3, 0.4) is 0 Å². The summed E-state index contributed by atoms with van der Waals surface area (Å²) in [6.07, 6.45) is 4.08. The Bertz CT molecular complexity index is 386. The van der Waals surface area contributed by atoms with Crippen LogP contribution in [0.1, 0.15) is 36.7 Å². The highest BCUT2D eigenvalue weighted by molar-refractivity contribution is 5.86. The number of carboxylic acid groups (broad SMARTS) is 1. The van der Waals surface area contributed by atoms with Gasteiger partial charge in [-0.2, -0.15) is 5.10 Å². The lowest BCUT2D eigenvalue weighted by Gasteiger charge is -2.20. The fraction of sp³-hybridized carbons (Fsp3) is 0.636. The Labute approximate surface area is 94.7 Å². The molecule has 1 N–H and O–H groups in total. The molecule has 0 saturated carbocycles. The number of aromatic carboxylic acids is 1. The molecular weight excluding hydrogens is 206 g/mol. The zero-order valence-electron chi connectivity index (χ0n) is 9.63. The van der Waals surface area contributed by atoms with E-state index in [1.807, 2.05) is 0 Å². The van der Waals surface area contributed by atoms with Gasteiger partial charge in [0.2, 0.25) is 0 Å². The highest BCUT2D eigenvalue weighted by Gasteiger charge is 2.26. The Kier molecular flexibility index (Phi) is 2.96. The minimum atomic E-state index is -0.912. The van der Waals surface area contributed by atoms with Gasteiger partial charge < -0.3 is 5.11 Å². The maximum atomic E-state index is 10.7. The first-order valence-corrected chi connectivity index (χ1v) is 5.59. The van der Waals surface area contributed by atoms with Crippen molar-refractivity contribution in [3.63, 3.8) is 0 Å². The molecule has 1 aliphatic rings. The first-order chi connectivity index (χ1) is 7.58. The molecular formula is C11H17N3O2. The number of aromatic nitrogens is 2. The van der Waals surface area contributed by atoms with E-state index in [0.29, 0.717) is 12.1 Å². The van der Waals surface area contributed by atoms with Crippen molar-refractivity contribution < 1.29 is 9.90 Å². The van der Waals surface area contributed by atoms with Gasteiger partial charge in [-0.1, -0.05) is 0 Å². The third-order valence-corrected chi connectivity index (χ3v) is 3.15. The third kappa shape index (κ3) is 2.09. The number of carboxylic acids is 1. The summed E-state index contributed by atoms with van der Waals surface area (Å²) in [6.45, 7) is 6.37. The Morgan fingerprint density at radius 3 is 2.88 bits per heavy atom. The SMILES string of the molecule is CC(C)N1CC[C@H](n2cc(C(=O)O)cn2)C1. The first-order valence-electron chi connectivity index (χ1n) is 5.59. The second kappa shape index (κ2) is 4.25. The molecule has 0 amide bonds. The Morgan fingerprint density at radius 1 is 1.62 bits per heavy atom. The molecule has 0 radical (unpaired) electrons. The molecule has 16 heavy (non-hydrogen) atoms. The molecule has 1 fully saturated rings. The van der Waals surface area contributed by atoms with E-state index in [4.69, 9.17) is 5.11 Å². The van der Waals surface area contributed by atoms with Crippen LogP contribution in [0.25, 0.3) is 0 Å². The van der Waals surface area contributed by atoms with E-state index in [0.717, 1.165) is 19.5 Å². The van der Waals surface area contributed by atoms with Gasteiger partial charge in [0.25, 0.3) is 0 Å². The minimum Gasteiger partial charge on any atom is -0.478 e. The van der Waals surface area contributed by atoms with Crippen LogP contribution >= 0.6 is 0 Å². The average Bonchev–Trinajstić information content (AvgIpc) is 2.86. The highest BCUT2D eigenvalue weighted by atomic mass is 16.4. The van der Waals surface area contributed by atoms with Crippen LogP contribution < -0.4 is 0 Å². The fourth-order valence-corrected chi connectivity index (χ4v) is 2.10. The molecule has 2 rings (SSSR count). The fourth-order valence-electron chi connectivity index (χ4n) is 2.10. The molecule has 2 heterocycles. The van der Waals surface area contributed by atoms with E-state index in [9.17, 15) is 4.79 Å². The summed E-state index contributed by atoms with van der Waals surface area (Å²) in [5.74, 6) is -0.912. The van der Waals surface area contributed by atoms with Gasteiger partial charge >= 0.3 is 5.97 Å². The van der Waals surface area contributed by atoms with Crippen molar-refractivity contribution in [1.82, 2.24) is 14.7 Å². The van der Waals surface area contributed by atoms with Crippen molar-refractivity contribution >= 4 is 5.97 Å². The predicted octanol–water partition coefficient (Wildman–Crippen LogP) is 1.24. The summed E-state index contributed by atoms with van der Waals surface area (Å²) >= 11 is 0. The second-order valence-electron chi connectivity index (χ2n) is 4.55. The minimum absolute atomic E-state index is 0.267. The Morgan fingerprint density at radius 2 is 2.38 bits per heavy atom. The van der Waals surface area contributed by atoms with Crippen molar-refractivity contribution in [2.75, 3.05) is 13.1 Å². The van der Waals surface area contributed by atoms with Crippen LogP contribution in [-0.4, -0.2) is 44.9 Å². The molecule has 88 valence electrons. The maximum absolute atomic E-state index is 10.7. The summed E-state index contributed by atoms with van der Waals surface area (Å²) in [5, 5.41) is 12.9. The highest BCUT2D eigenvalue weighted by Crippen LogP contribution is 2.22. The zero-order valence-corrected chi connectivity index (χ0v) is 9.63. The predicted molar refractivity (Wildman–Crippen MR) is 59.5 cm³/mol. The topological polar surface area (TPSA) is 58.4 Å². The van der Waals surface area contributed by atoms with E-state index < -0.39 is 5.97 Å². The number of rotatable bonds is 3. The van der Waals surface area contributed by atoms with E-state index in [-0.39, 0.29) is 5.56 Å². The molecule has 1 aliphatic heterocycles. The summed E-state index contributed by atoms with van der Waals surface area (Å²) in [4.78, 5) is 13.1. The van der Waals surface area contributed by atoms with Gasteiger partial charge in [0.15, 0.2) is 0 Å². The lowest BCUT2D eigenvalue weighted by molar-refractivity contribution is 0.0696. The normalized spacial score (nSPS) is 21.8. The van der Waals surface area contributed by atoms with Gasteiger partial charge in [-0.05, 0) is 20.3 Å². The summed E-state index contributed by atoms with van der Waals surface area (Å²) in [6, 6.07) is 0.856. The number of nitrogens with zero attached hydrogens (tertiary/aromatic N) is 3. The van der Waals surface area contributed by atoms with Crippen LogP contribution in [0.5, 0.6) is 0 Å².